The molecule has 0 aromatic carbocycles. The summed E-state index contributed by atoms with van der Waals surface area (Å²) >= 11 is 0. The second-order valence-corrected chi connectivity index (χ2v) is 4.08. The molecule has 0 aromatic rings. The number of hydrogen-bond acceptors (Lipinski definition) is 3. The predicted octanol–water partition coefficient (Wildman–Crippen LogP) is 2.55. The van der Waals surface area contributed by atoms with Gasteiger partial charge in [0.15, 0.2) is 0 Å². The molecule has 1 aliphatic carbocycles. The second-order valence-electron chi connectivity index (χ2n) is 4.08. The SMILES string of the molecule is COCCOCCOC1/C=C\CCCCC1. The highest BCUT2D eigenvalue weighted by atomic mass is 16.5. The molecule has 94 valence electrons. The van der Waals surface area contributed by atoms with E-state index in [1.807, 2.05) is 0 Å². The third-order valence-corrected chi connectivity index (χ3v) is 2.70. The normalized spacial score (nSPS) is 23.7. The number of allylic oxidation sites excluding steroid dienone is 1. The van der Waals surface area contributed by atoms with Crippen LogP contribution in [0.15, 0.2) is 12.2 Å². The zero-order valence-corrected chi connectivity index (χ0v) is 10.3. The smallest absolute Gasteiger partial charge is 0.0757 e. The van der Waals surface area contributed by atoms with Gasteiger partial charge in [-0.2, -0.15) is 0 Å². The standard InChI is InChI=1S/C13H24O3/c1-14-9-10-15-11-12-16-13-7-5-3-2-4-6-8-13/h5,7,13H,2-4,6,8-12H2,1H3/b7-5-. The highest BCUT2D eigenvalue weighted by molar-refractivity contribution is 4.91. The van der Waals surface area contributed by atoms with Crippen molar-refractivity contribution in [3.05, 3.63) is 12.2 Å². The van der Waals surface area contributed by atoms with Crippen molar-refractivity contribution in [1.82, 2.24) is 0 Å². The molecule has 0 saturated heterocycles. The van der Waals surface area contributed by atoms with Crippen LogP contribution in [0.2, 0.25) is 0 Å². The fourth-order valence-corrected chi connectivity index (χ4v) is 1.77. The molecule has 0 aromatic heterocycles. The van der Waals surface area contributed by atoms with Gasteiger partial charge in [-0.15, -0.1) is 0 Å². The summed E-state index contributed by atoms with van der Waals surface area (Å²) in [7, 11) is 1.68. The number of hydrogen-bond donors (Lipinski definition) is 0. The molecule has 0 heterocycles. The van der Waals surface area contributed by atoms with Crippen LogP contribution in [-0.2, 0) is 14.2 Å². The summed E-state index contributed by atoms with van der Waals surface area (Å²) in [5, 5.41) is 0. The van der Waals surface area contributed by atoms with E-state index in [1.54, 1.807) is 7.11 Å². The molecule has 1 aliphatic rings. The molecule has 16 heavy (non-hydrogen) atoms. The summed E-state index contributed by atoms with van der Waals surface area (Å²) in [6.07, 6.45) is 11.0. The van der Waals surface area contributed by atoms with E-state index in [4.69, 9.17) is 14.2 Å². The quantitative estimate of drug-likeness (QED) is 0.495. The van der Waals surface area contributed by atoms with Crippen LogP contribution in [0.3, 0.4) is 0 Å². The van der Waals surface area contributed by atoms with Gasteiger partial charge in [-0.05, 0) is 19.3 Å². The van der Waals surface area contributed by atoms with E-state index < -0.39 is 0 Å². The zero-order valence-electron chi connectivity index (χ0n) is 10.3. The summed E-state index contributed by atoms with van der Waals surface area (Å²) in [6.45, 7) is 2.65. The van der Waals surface area contributed by atoms with Crippen LogP contribution in [0.1, 0.15) is 32.1 Å². The maximum absolute atomic E-state index is 5.75. The largest absolute Gasteiger partial charge is 0.382 e. The van der Waals surface area contributed by atoms with E-state index in [9.17, 15) is 0 Å². The summed E-state index contributed by atoms with van der Waals surface area (Å²) in [4.78, 5) is 0. The molecule has 1 unspecified atom stereocenters. The van der Waals surface area contributed by atoms with Gasteiger partial charge in [0.05, 0.1) is 32.5 Å². The molecule has 0 radical (unpaired) electrons. The molecule has 3 nitrogen and oxygen atoms in total. The maximum atomic E-state index is 5.75. The van der Waals surface area contributed by atoms with Gasteiger partial charge in [0.2, 0.25) is 0 Å². The van der Waals surface area contributed by atoms with Crippen molar-refractivity contribution in [2.45, 2.75) is 38.2 Å². The zero-order chi connectivity index (χ0) is 11.5. The Balaban J connectivity index is 1.99. The van der Waals surface area contributed by atoms with Crippen molar-refractivity contribution in [3.63, 3.8) is 0 Å². The first-order chi connectivity index (χ1) is 7.93. The van der Waals surface area contributed by atoms with Crippen LogP contribution in [-0.4, -0.2) is 39.6 Å². The minimum Gasteiger partial charge on any atom is -0.382 e. The fraction of sp³-hybridized carbons (Fsp3) is 0.846. The van der Waals surface area contributed by atoms with Crippen LogP contribution in [0.4, 0.5) is 0 Å². The molecule has 0 amide bonds. The van der Waals surface area contributed by atoms with Gasteiger partial charge in [0.1, 0.15) is 0 Å². The summed E-state index contributed by atoms with van der Waals surface area (Å²) in [6, 6.07) is 0. The fourth-order valence-electron chi connectivity index (χ4n) is 1.77. The maximum Gasteiger partial charge on any atom is 0.0757 e. The molecule has 1 rings (SSSR count). The van der Waals surface area contributed by atoms with Crippen molar-refractivity contribution in [1.29, 1.82) is 0 Å². The van der Waals surface area contributed by atoms with E-state index >= 15 is 0 Å². The molecule has 0 N–H and O–H groups in total. The Kier molecular flexibility index (Phi) is 8.40. The third-order valence-electron chi connectivity index (χ3n) is 2.70. The molecule has 0 spiro atoms. The van der Waals surface area contributed by atoms with Crippen molar-refractivity contribution in [2.75, 3.05) is 33.5 Å². The first-order valence-corrected chi connectivity index (χ1v) is 6.28. The number of ether oxygens (including phenoxy) is 3. The van der Waals surface area contributed by atoms with Crippen LogP contribution in [0.25, 0.3) is 0 Å². The predicted molar refractivity (Wildman–Crippen MR) is 64.7 cm³/mol. The Hall–Kier alpha value is -0.380. The first kappa shape index (κ1) is 13.7. The Morgan fingerprint density at radius 3 is 2.81 bits per heavy atom. The molecular formula is C13H24O3. The monoisotopic (exact) mass is 228 g/mol. The van der Waals surface area contributed by atoms with Gasteiger partial charge in [-0.25, -0.2) is 0 Å². The molecule has 0 aliphatic heterocycles. The van der Waals surface area contributed by atoms with Gasteiger partial charge < -0.3 is 14.2 Å². The van der Waals surface area contributed by atoms with E-state index in [-0.39, 0.29) is 0 Å². The molecule has 1 atom stereocenters. The van der Waals surface area contributed by atoms with Gasteiger partial charge in [0.25, 0.3) is 0 Å². The number of methoxy groups -OCH3 is 1. The summed E-state index contributed by atoms with van der Waals surface area (Å²) in [5.74, 6) is 0. The lowest BCUT2D eigenvalue weighted by Crippen LogP contribution is -2.16. The highest BCUT2D eigenvalue weighted by Gasteiger charge is 2.06. The minimum atomic E-state index is 0.298. The van der Waals surface area contributed by atoms with Crippen LogP contribution in [0.5, 0.6) is 0 Å². The van der Waals surface area contributed by atoms with E-state index in [2.05, 4.69) is 12.2 Å². The van der Waals surface area contributed by atoms with E-state index in [1.165, 1.54) is 25.7 Å². The molecule has 0 fully saturated rings. The van der Waals surface area contributed by atoms with Crippen molar-refractivity contribution in [2.24, 2.45) is 0 Å². The molecule has 0 saturated carbocycles. The second kappa shape index (κ2) is 9.82. The van der Waals surface area contributed by atoms with Crippen molar-refractivity contribution in [3.8, 4) is 0 Å². The van der Waals surface area contributed by atoms with Crippen LogP contribution >= 0.6 is 0 Å². The average Bonchev–Trinajstić information content (AvgIpc) is 2.25. The van der Waals surface area contributed by atoms with E-state index in [0.717, 1.165) is 6.42 Å². The highest BCUT2D eigenvalue weighted by Crippen LogP contribution is 2.13. The Labute approximate surface area is 98.8 Å². The number of rotatable bonds is 7. The molecule has 3 heteroatoms. The Bertz CT molecular complexity index is 180. The van der Waals surface area contributed by atoms with Crippen LogP contribution < -0.4 is 0 Å². The topological polar surface area (TPSA) is 27.7 Å². The molecular weight excluding hydrogens is 204 g/mol. The van der Waals surface area contributed by atoms with Crippen molar-refractivity contribution < 1.29 is 14.2 Å². The minimum absolute atomic E-state index is 0.298. The average molecular weight is 228 g/mol. The van der Waals surface area contributed by atoms with Crippen LogP contribution in [0, 0.1) is 0 Å². The van der Waals surface area contributed by atoms with Gasteiger partial charge in [-0.1, -0.05) is 25.0 Å². The lowest BCUT2D eigenvalue weighted by Gasteiger charge is -2.16. The van der Waals surface area contributed by atoms with Gasteiger partial charge in [0, 0.05) is 7.11 Å². The van der Waals surface area contributed by atoms with E-state index in [0.29, 0.717) is 32.5 Å². The Morgan fingerprint density at radius 2 is 1.94 bits per heavy atom. The third kappa shape index (κ3) is 6.99. The van der Waals surface area contributed by atoms with Crippen molar-refractivity contribution >= 4 is 0 Å². The first-order valence-electron chi connectivity index (χ1n) is 6.28. The van der Waals surface area contributed by atoms with Gasteiger partial charge >= 0.3 is 0 Å². The summed E-state index contributed by atoms with van der Waals surface area (Å²) < 4.78 is 16.0. The Morgan fingerprint density at radius 1 is 1.06 bits per heavy atom. The lowest BCUT2D eigenvalue weighted by molar-refractivity contribution is 0.00495. The summed E-state index contributed by atoms with van der Waals surface area (Å²) in [5.41, 5.74) is 0. The lowest BCUT2D eigenvalue weighted by atomic mass is 10.0. The van der Waals surface area contributed by atoms with Gasteiger partial charge in [-0.3, -0.25) is 0 Å². The molecule has 0 bridgehead atoms.